The average molecular weight is 516 g/mol. The van der Waals surface area contributed by atoms with E-state index >= 15 is 0 Å². The lowest BCUT2D eigenvalue weighted by molar-refractivity contribution is -0.384. The second kappa shape index (κ2) is 10.1. The molecule has 3 aromatic rings. The van der Waals surface area contributed by atoms with E-state index in [4.69, 9.17) is 16.3 Å². The summed E-state index contributed by atoms with van der Waals surface area (Å²) < 4.78 is 32.8. The van der Waals surface area contributed by atoms with Gasteiger partial charge >= 0.3 is 0 Å². The minimum atomic E-state index is -3.78. The Labute approximate surface area is 207 Å². The van der Waals surface area contributed by atoms with Crippen LogP contribution < -0.4 is 5.32 Å². The molecule has 0 atom stereocenters. The highest BCUT2D eigenvalue weighted by molar-refractivity contribution is 7.89. The third-order valence-corrected chi connectivity index (χ3v) is 7.81. The van der Waals surface area contributed by atoms with E-state index < -0.39 is 20.9 Å². The first-order valence-corrected chi connectivity index (χ1v) is 12.5. The van der Waals surface area contributed by atoms with Gasteiger partial charge in [-0.25, -0.2) is 8.42 Å². The largest absolute Gasteiger partial charge is 0.379 e. The van der Waals surface area contributed by atoms with E-state index in [1.807, 2.05) is 0 Å². The second-order valence-electron chi connectivity index (χ2n) is 7.94. The van der Waals surface area contributed by atoms with Crippen molar-refractivity contribution in [3.05, 3.63) is 86.9 Å². The lowest BCUT2D eigenvalue weighted by atomic mass is 9.98. The lowest BCUT2D eigenvalue weighted by Gasteiger charge is -2.26. The number of rotatable bonds is 6. The molecule has 0 bridgehead atoms. The molecule has 0 spiro atoms. The Balaban J connectivity index is 1.69. The number of hydrogen-bond donors (Lipinski definition) is 1. The molecule has 9 nitrogen and oxygen atoms in total. The summed E-state index contributed by atoms with van der Waals surface area (Å²) in [5, 5.41) is 15.0. The number of carbonyl (C=O) groups is 1. The summed E-state index contributed by atoms with van der Waals surface area (Å²) in [5.74, 6) is -0.446. The van der Waals surface area contributed by atoms with Crippen LogP contribution in [0.2, 0.25) is 5.02 Å². The maximum Gasteiger partial charge on any atom is 0.279 e. The number of benzene rings is 3. The Morgan fingerprint density at radius 1 is 1.03 bits per heavy atom. The number of nitrogens with one attached hydrogen (secondary N) is 1. The number of halogens is 1. The molecule has 3 aromatic carbocycles. The van der Waals surface area contributed by atoms with E-state index in [0.29, 0.717) is 34.9 Å². The molecule has 35 heavy (non-hydrogen) atoms. The number of nitro groups is 1. The number of aryl methyl sites for hydroxylation is 1. The number of carbonyl (C=O) groups excluding carboxylic acids is 1. The molecule has 0 radical (unpaired) electrons. The Morgan fingerprint density at radius 3 is 2.37 bits per heavy atom. The van der Waals surface area contributed by atoms with Crippen molar-refractivity contribution >= 4 is 38.9 Å². The highest BCUT2D eigenvalue weighted by Gasteiger charge is 2.28. The van der Waals surface area contributed by atoms with Gasteiger partial charge in [-0.3, -0.25) is 14.9 Å². The van der Waals surface area contributed by atoms with Gasteiger partial charge in [0.05, 0.1) is 28.6 Å². The predicted molar refractivity (Wildman–Crippen MR) is 132 cm³/mol. The molecule has 1 saturated heterocycles. The van der Waals surface area contributed by atoms with Crippen molar-refractivity contribution in [3.8, 4) is 11.1 Å². The molecule has 1 N–H and O–H groups in total. The average Bonchev–Trinajstić information content (AvgIpc) is 2.85. The minimum Gasteiger partial charge on any atom is -0.379 e. The summed E-state index contributed by atoms with van der Waals surface area (Å²) in [4.78, 5) is 23.9. The Kier molecular flexibility index (Phi) is 7.18. The van der Waals surface area contributed by atoms with Crippen LogP contribution in [-0.2, 0) is 14.8 Å². The molecule has 4 rings (SSSR count). The Morgan fingerprint density at radius 2 is 1.71 bits per heavy atom. The monoisotopic (exact) mass is 515 g/mol. The first kappa shape index (κ1) is 24.8. The summed E-state index contributed by atoms with van der Waals surface area (Å²) in [6, 6.07) is 15.1. The fourth-order valence-electron chi connectivity index (χ4n) is 3.78. The van der Waals surface area contributed by atoms with Gasteiger partial charge in [0.15, 0.2) is 0 Å². The van der Waals surface area contributed by atoms with Crippen molar-refractivity contribution in [2.45, 2.75) is 11.8 Å². The molecule has 1 aliphatic rings. The van der Waals surface area contributed by atoms with Crippen LogP contribution in [0.3, 0.4) is 0 Å². The third-order valence-electron chi connectivity index (χ3n) is 5.67. The molecular weight excluding hydrogens is 494 g/mol. The van der Waals surface area contributed by atoms with Crippen molar-refractivity contribution < 1.29 is 22.9 Å². The zero-order chi connectivity index (χ0) is 25.2. The number of amides is 1. The molecule has 1 fully saturated rings. The van der Waals surface area contributed by atoms with Crippen LogP contribution in [0.1, 0.15) is 15.9 Å². The van der Waals surface area contributed by atoms with Gasteiger partial charge in [-0.15, -0.1) is 0 Å². The zero-order valence-electron chi connectivity index (χ0n) is 18.7. The Hall–Kier alpha value is -3.31. The van der Waals surface area contributed by atoms with Crippen LogP contribution in [0.5, 0.6) is 0 Å². The van der Waals surface area contributed by atoms with Gasteiger partial charge in [-0.1, -0.05) is 17.7 Å². The predicted octanol–water partition coefficient (Wildman–Crippen LogP) is 4.50. The lowest BCUT2D eigenvalue weighted by Crippen LogP contribution is -2.40. The Bertz CT molecular complexity index is 1390. The quantitative estimate of drug-likeness (QED) is 0.381. The summed E-state index contributed by atoms with van der Waals surface area (Å²) in [5.41, 5.74) is 1.65. The topological polar surface area (TPSA) is 119 Å². The van der Waals surface area contributed by atoms with E-state index in [9.17, 15) is 23.3 Å². The fraction of sp³-hybridized carbons (Fsp3) is 0.208. The highest BCUT2D eigenvalue weighted by atomic mass is 35.5. The third kappa shape index (κ3) is 5.35. The molecule has 11 heteroatoms. The van der Waals surface area contributed by atoms with E-state index in [0.717, 1.165) is 0 Å². The molecule has 1 amide bonds. The number of sulfonamides is 1. The van der Waals surface area contributed by atoms with Gasteiger partial charge in [0.1, 0.15) is 0 Å². The van der Waals surface area contributed by atoms with Crippen molar-refractivity contribution in [2.24, 2.45) is 0 Å². The fourth-order valence-corrected chi connectivity index (χ4v) is 5.34. The van der Waals surface area contributed by atoms with E-state index in [1.165, 1.54) is 28.6 Å². The molecule has 0 aliphatic carbocycles. The SMILES string of the molecule is Cc1ccc(S(=O)(=O)N2CCOCC2)cc1-c1ccc(NC(=O)c2ccc(Cl)cc2)cc1[N+](=O)[O-]. The molecule has 0 unspecified atom stereocenters. The summed E-state index contributed by atoms with van der Waals surface area (Å²) in [6.45, 7) is 2.86. The van der Waals surface area contributed by atoms with Crippen LogP contribution in [-0.4, -0.2) is 49.9 Å². The van der Waals surface area contributed by atoms with E-state index in [-0.39, 0.29) is 34.9 Å². The van der Waals surface area contributed by atoms with Gasteiger partial charge in [0.2, 0.25) is 10.0 Å². The number of morpholine rings is 1. The van der Waals surface area contributed by atoms with Gasteiger partial charge in [-0.2, -0.15) is 4.31 Å². The van der Waals surface area contributed by atoms with E-state index in [2.05, 4.69) is 5.32 Å². The molecule has 182 valence electrons. The first-order valence-electron chi connectivity index (χ1n) is 10.7. The molecular formula is C24H22ClN3O6S. The summed E-state index contributed by atoms with van der Waals surface area (Å²) in [6.07, 6.45) is 0. The van der Waals surface area contributed by atoms with Gasteiger partial charge in [-0.05, 0) is 66.6 Å². The van der Waals surface area contributed by atoms with Gasteiger partial charge < -0.3 is 10.1 Å². The summed E-state index contributed by atoms with van der Waals surface area (Å²) in [7, 11) is -3.78. The van der Waals surface area contributed by atoms with Crippen LogP contribution >= 0.6 is 11.6 Å². The maximum atomic E-state index is 13.1. The normalized spacial score (nSPS) is 14.5. The first-order chi connectivity index (χ1) is 16.7. The number of ether oxygens (including phenoxy) is 1. The van der Waals surface area contributed by atoms with Gasteiger partial charge in [0.25, 0.3) is 11.6 Å². The molecule has 0 saturated carbocycles. The van der Waals surface area contributed by atoms with Crippen molar-refractivity contribution in [2.75, 3.05) is 31.6 Å². The van der Waals surface area contributed by atoms with Crippen molar-refractivity contribution in [1.82, 2.24) is 4.31 Å². The number of nitro benzene ring substituents is 1. The standard InChI is InChI=1S/C24H22ClN3O6S/c1-16-2-8-20(35(32,33)27-10-12-34-13-11-27)15-22(16)21-9-7-19(14-23(21)28(30)31)26-24(29)17-3-5-18(25)6-4-17/h2-9,14-15H,10-13H2,1H3,(H,26,29). The number of nitrogens with zero attached hydrogens (tertiary/aromatic N) is 2. The smallest absolute Gasteiger partial charge is 0.279 e. The van der Waals surface area contributed by atoms with Crippen molar-refractivity contribution in [3.63, 3.8) is 0 Å². The minimum absolute atomic E-state index is 0.0504. The number of anilines is 1. The van der Waals surface area contributed by atoms with Crippen LogP contribution in [0.4, 0.5) is 11.4 Å². The molecule has 1 heterocycles. The number of hydrogen-bond acceptors (Lipinski definition) is 6. The van der Waals surface area contributed by atoms with E-state index in [1.54, 1.807) is 43.3 Å². The maximum absolute atomic E-state index is 13.1. The van der Waals surface area contributed by atoms with Crippen LogP contribution in [0.15, 0.2) is 65.6 Å². The van der Waals surface area contributed by atoms with Gasteiger partial charge in [0, 0.05) is 35.4 Å². The second-order valence-corrected chi connectivity index (χ2v) is 10.3. The zero-order valence-corrected chi connectivity index (χ0v) is 20.3. The summed E-state index contributed by atoms with van der Waals surface area (Å²) >= 11 is 5.85. The van der Waals surface area contributed by atoms with Crippen molar-refractivity contribution in [1.29, 1.82) is 0 Å². The molecule has 1 aliphatic heterocycles. The molecule has 0 aromatic heterocycles. The van der Waals surface area contributed by atoms with Crippen LogP contribution in [0, 0.1) is 17.0 Å². The highest BCUT2D eigenvalue weighted by Crippen LogP contribution is 2.36. The van der Waals surface area contributed by atoms with Crippen LogP contribution in [0.25, 0.3) is 11.1 Å².